The quantitative estimate of drug-likeness (QED) is 0.440. The smallest absolute Gasteiger partial charge is 0.243 e. The Kier molecular flexibility index (Phi) is 10.5. The predicted octanol–water partition coefficient (Wildman–Crippen LogP) is 6.03. The van der Waals surface area contributed by atoms with Crippen molar-refractivity contribution in [1.29, 1.82) is 0 Å². The highest BCUT2D eigenvalue weighted by atomic mass is 16.7. The van der Waals surface area contributed by atoms with Crippen molar-refractivity contribution in [2.45, 2.75) is 73.5 Å². The van der Waals surface area contributed by atoms with Gasteiger partial charge < -0.3 is 14.8 Å². The van der Waals surface area contributed by atoms with Crippen LogP contribution < -0.4 is 5.32 Å². The van der Waals surface area contributed by atoms with Crippen molar-refractivity contribution in [3.63, 3.8) is 0 Å². The number of rotatable bonds is 5. The lowest BCUT2D eigenvalue weighted by Crippen LogP contribution is -2.19. The number of carbonyl (C=O) groups is 1. The molecule has 1 heterocycles. The summed E-state index contributed by atoms with van der Waals surface area (Å²) in [7, 11) is 1.63. The van der Waals surface area contributed by atoms with E-state index in [1.165, 1.54) is 36.0 Å². The van der Waals surface area contributed by atoms with E-state index < -0.39 is 0 Å². The molecule has 4 nitrogen and oxygen atoms in total. The zero-order valence-corrected chi connectivity index (χ0v) is 20.2. The molecule has 1 fully saturated rings. The van der Waals surface area contributed by atoms with E-state index in [9.17, 15) is 4.79 Å². The second kappa shape index (κ2) is 12.1. The van der Waals surface area contributed by atoms with Gasteiger partial charge >= 0.3 is 0 Å². The highest BCUT2D eigenvalue weighted by Gasteiger charge is 2.26. The molecule has 0 aromatic rings. The molecule has 0 atom stereocenters. The molecule has 1 N–H and O–H groups in total. The second-order valence-corrected chi connectivity index (χ2v) is 9.13. The van der Waals surface area contributed by atoms with Crippen LogP contribution in [0.3, 0.4) is 0 Å². The van der Waals surface area contributed by atoms with Crippen LogP contribution in [0.1, 0.15) is 67.7 Å². The van der Waals surface area contributed by atoms with Gasteiger partial charge in [-0.25, -0.2) is 0 Å². The molecule has 0 saturated carbocycles. The minimum atomic E-state index is -0.306. The van der Waals surface area contributed by atoms with Crippen LogP contribution in [0.5, 0.6) is 0 Å². The maximum absolute atomic E-state index is 11.2. The molecule has 0 unspecified atom stereocenters. The first-order valence-electron chi connectivity index (χ1n) is 10.9. The van der Waals surface area contributed by atoms with Crippen molar-refractivity contribution >= 4 is 5.91 Å². The number of amides is 1. The summed E-state index contributed by atoms with van der Waals surface area (Å²) in [5.41, 5.74) is 5.42. The van der Waals surface area contributed by atoms with Gasteiger partial charge in [-0.1, -0.05) is 55.4 Å². The monoisotopic (exact) mass is 415 g/mol. The van der Waals surface area contributed by atoms with Crippen molar-refractivity contribution in [2.75, 3.05) is 20.3 Å². The Morgan fingerprint density at radius 3 is 2.17 bits per heavy atom. The number of allylic oxidation sites excluding steroid dienone is 9. The first kappa shape index (κ1) is 26.1. The molecule has 2 rings (SSSR count). The van der Waals surface area contributed by atoms with E-state index in [1.54, 1.807) is 13.1 Å². The van der Waals surface area contributed by atoms with Crippen LogP contribution in [0.25, 0.3) is 0 Å². The lowest BCUT2D eigenvalue weighted by atomic mass is 9.72. The molecule has 168 valence electrons. The molecule has 30 heavy (non-hydrogen) atoms. The molecule has 1 saturated heterocycles. The van der Waals surface area contributed by atoms with Crippen LogP contribution in [-0.4, -0.2) is 32.0 Å². The van der Waals surface area contributed by atoms with Gasteiger partial charge in [-0.2, -0.15) is 0 Å². The van der Waals surface area contributed by atoms with E-state index in [4.69, 9.17) is 9.47 Å². The third kappa shape index (κ3) is 9.73. The van der Waals surface area contributed by atoms with Gasteiger partial charge in [-0.15, -0.1) is 0 Å². The van der Waals surface area contributed by atoms with E-state index in [0.717, 1.165) is 18.8 Å². The molecule has 0 aromatic carbocycles. The van der Waals surface area contributed by atoms with Crippen LogP contribution in [0.15, 0.2) is 58.7 Å². The third-order valence-electron chi connectivity index (χ3n) is 5.36. The largest absolute Gasteiger partial charge is 0.356 e. The van der Waals surface area contributed by atoms with E-state index in [1.807, 2.05) is 32.9 Å². The first-order valence-corrected chi connectivity index (χ1v) is 10.9. The Morgan fingerprint density at radius 1 is 1.03 bits per heavy atom. The molecule has 4 heteroatoms. The highest BCUT2D eigenvalue weighted by molar-refractivity contribution is 5.88. The molecule has 1 amide bonds. The number of carbonyl (C=O) groups excluding carboxylic acids is 1. The summed E-state index contributed by atoms with van der Waals surface area (Å²) in [6, 6.07) is 0. The number of nitrogens with one attached hydrogen (secondary N) is 1. The van der Waals surface area contributed by atoms with Gasteiger partial charge in [-0.05, 0) is 70.4 Å². The SMILES string of the molecule is CC1(C)OCCO1.CNC(=O)C=C(C)C=CC=C(C)C=CC1=C(C)CCCC1(C)C. The van der Waals surface area contributed by atoms with Gasteiger partial charge in [0.05, 0.1) is 13.2 Å². The minimum absolute atomic E-state index is 0.0744. The molecule has 1 aliphatic carbocycles. The normalized spacial score (nSPS) is 21.7. The average Bonchev–Trinajstić information content (AvgIpc) is 3.05. The molecule has 0 radical (unpaired) electrons. The zero-order chi connectivity index (χ0) is 22.8. The van der Waals surface area contributed by atoms with Crippen molar-refractivity contribution in [3.8, 4) is 0 Å². The van der Waals surface area contributed by atoms with Crippen molar-refractivity contribution < 1.29 is 14.3 Å². The molecule has 1 aliphatic heterocycles. The lowest BCUT2D eigenvalue weighted by molar-refractivity contribution is -0.125. The Balaban J connectivity index is 0.000000539. The Hall–Kier alpha value is -1.91. The van der Waals surface area contributed by atoms with Gasteiger partial charge in [0.15, 0.2) is 5.79 Å². The van der Waals surface area contributed by atoms with Crippen molar-refractivity contribution in [2.24, 2.45) is 5.41 Å². The van der Waals surface area contributed by atoms with Gasteiger partial charge in [0.2, 0.25) is 5.91 Å². The predicted molar refractivity (Wildman–Crippen MR) is 126 cm³/mol. The molecule has 0 aromatic heterocycles. The van der Waals surface area contributed by atoms with Crippen LogP contribution in [-0.2, 0) is 14.3 Å². The van der Waals surface area contributed by atoms with Crippen LogP contribution in [0.2, 0.25) is 0 Å². The Labute approximate surface area is 183 Å². The number of hydrogen-bond acceptors (Lipinski definition) is 3. The van der Waals surface area contributed by atoms with Crippen LogP contribution in [0.4, 0.5) is 0 Å². The Morgan fingerprint density at radius 2 is 1.67 bits per heavy atom. The van der Waals surface area contributed by atoms with Crippen LogP contribution in [0, 0.1) is 5.41 Å². The fourth-order valence-electron chi connectivity index (χ4n) is 3.58. The summed E-state index contributed by atoms with van der Waals surface area (Å²) >= 11 is 0. The minimum Gasteiger partial charge on any atom is -0.356 e. The van der Waals surface area contributed by atoms with Crippen molar-refractivity contribution in [3.05, 3.63) is 58.7 Å². The number of ether oxygens (including phenoxy) is 2. The van der Waals surface area contributed by atoms with Crippen molar-refractivity contribution in [1.82, 2.24) is 5.32 Å². The summed E-state index contributed by atoms with van der Waals surface area (Å²) in [6.07, 6.45) is 15.8. The lowest BCUT2D eigenvalue weighted by Gasteiger charge is -2.32. The highest BCUT2D eigenvalue weighted by Crippen LogP contribution is 2.40. The summed E-state index contributed by atoms with van der Waals surface area (Å²) < 4.78 is 10.2. The van der Waals surface area contributed by atoms with E-state index in [0.29, 0.717) is 0 Å². The molecule has 0 spiro atoms. The first-order chi connectivity index (χ1) is 14.0. The fourth-order valence-corrected chi connectivity index (χ4v) is 3.58. The fraction of sp³-hybridized carbons (Fsp3) is 0.577. The molecular weight excluding hydrogens is 374 g/mol. The summed E-state index contributed by atoms with van der Waals surface area (Å²) in [5, 5.41) is 2.58. The maximum Gasteiger partial charge on any atom is 0.243 e. The van der Waals surface area contributed by atoms with Gasteiger partial charge in [-0.3, -0.25) is 4.79 Å². The topological polar surface area (TPSA) is 47.6 Å². The van der Waals surface area contributed by atoms with E-state index in [2.05, 4.69) is 51.2 Å². The summed E-state index contributed by atoms with van der Waals surface area (Å²) in [5.74, 6) is -0.380. The maximum atomic E-state index is 11.2. The molecule has 2 aliphatic rings. The van der Waals surface area contributed by atoms with Gasteiger partial charge in [0.25, 0.3) is 0 Å². The number of likely N-dealkylation sites (N-methyl/N-ethyl adjacent to an activating group) is 1. The second-order valence-electron chi connectivity index (χ2n) is 9.13. The van der Waals surface area contributed by atoms with Gasteiger partial charge in [0, 0.05) is 13.1 Å². The third-order valence-corrected chi connectivity index (χ3v) is 5.36. The summed E-state index contributed by atoms with van der Waals surface area (Å²) in [4.78, 5) is 11.2. The average molecular weight is 416 g/mol. The van der Waals surface area contributed by atoms with E-state index >= 15 is 0 Å². The standard InChI is InChI=1S/C21H31NO.C5H10O2/c1-16(9-7-10-17(2)15-20(23)22-6)12-13-19-18(3)11-8-14-21(19,4)5;1-5(2)6-3-4-7-5/h7,9-10,12-13,15H,8,11,14H2,1-6H3,(H,22,23);3-4H2,1-2H3. The van der Waals surface area contributed by atoms with Crippen LogP contribution >= 0.6 is 0 Å². The summed E-state index contributed by atoms with van der Waals surface area (Å²) in [6.45, 7) is 16.3. The molecule has 0 bridgehead atoms. The van der Waals surface area contributed by atoms with Gasteiger partial charge in [0.1, 0.15) is 0 Å². The zero-order valence-electron chi connectivity index (χ0n) is 20.2. The Bertz CT molecular complexity index is 725. The number of hydrogen-bond donors (Lipinski definition) is 1. The van der Waals surface area contributed by atoms with E-state index in [-0.39, 0.29) is 17.1 Å². The molecular formula is C26H41NO3.